The van der Waals surface area contributed by atoms with Crippen molar-refractivity contribution in [3.8, 4) is 11.5 Å². The molecule has 1 heterocycles. The number of halogens is 1. The summed E-state index contributed by atoms with van der Waals surface area (Å²) in [5, 5.41) is 6.38. The third-order valence-electron chi connectivity index (χ3n) is 4.07. The Balaban J connectivity index is 1.74. The number of nitrogens with zero attached hydrogens (tertiary/aromatic N) is 1. The molecule has 2 N–H and O–H groups in total. The molecular weight excluding hydrogens is 378 g/mol. The third kappa shape index (κ3) is 4.53. The van der Waals surface area contributed by atoms with E-state index in [1.165, 1.54) is 26.0 Å². The molecule has 0 aliphatic heterocycles. The number of anilines is 3. The second-order valence-corrected chi connectivity index (χ2v) is 6.47. The summed E-state index contributed by atoms with van der Waals surface area (Å²) in [6.45, 7) is 2.03. The normalized spacial score (nSPS) is 10.3. The van der Waals surface area contributed by atoms with Crippen LogP contribution in [0, 0.1) is 6.92 Å². The molecule has 1 aromatic heterocycles. The van der Waals surface area contributed by atoms with Crippen molar-refractivity contribution in [2.45, 2.75) is 6.92 Å². The minimum absolute atomic E-state index is 0.322. The number of amides is 1. The van der Waals surface area contributed by atoms with Crippen LogP contribution in [0.4, 0.5) is 17.2 Å². The zero-order chi connectivity index (χ0) is 20.1. The number of methoxy groups -OCH3 is 2. The number of ether oxygens (including phenoxy) is 2. The monoisotopic (exact) mass is 397 g/mol. The Morgan fingerprint density at radius 2 is 1.71 bits per heavy atom. The maximum absolute atomic E-state index is 12.6. The van der Waals surface area contributed by atoms with E-state index in [1.54, 1.807) is 24.3 Å². The first kappa shape index (κ1) is 19.5. The van der Waals surface area contributed by atoms with Gasteiger partial charge in [0.15, 0.2) is 0 Å². The van der Waals surface area contributed by atoms with Crippen LogP contribution in [0.25, 0.3) is 0 Å². The van der Waals surface area contributed by atoms with Gasteiger partial charge < -0.3 is 20.1 Å². The predicted octanol–water partition coefficient (Wildman–Crippen LogP) is 5.06. The lowest BCUT2D eigenvalue weighted by Gasteiger charge is -2.13. The highest BCUT2D eigenvalue weighted by molar-refractivity contribution is 6.32. The number of benzene rings is 2. The van der Waals surface area contributed by atoms with Crippen molar-refractivity contribution in [1.82, 2.24) is 4.98 Å². The molecule has 144 valence electrons. The number of hydrogen-bond donors (Lipinski definition) is 2. The second-order valence-electron chi connectivity index (χ2n) is 6.06. The fourth-order valence-electron chi connectivity index (χ4n) is 2.54. The van der Waals surface area contributed by atoms with Gasteiger partial charge in [-0.2, -0.15) is 0 Å². The van der Waals surface area contributed by atoms with Gasteiger partial charge in [-0.25, -0.2) is 4.98 Å². The quantitative estimate of drug-likeness (QED) is 0.608. The number of carbonyl (C=O) groups is 1. The number of rotatable bonds is 6. The van der Waals surface area contributed by atoms with E-state index in [0.29, 0.717) is 33.6 Å². The van der Waals surface area contributed by atoms with Gasteiger partial charge in [0.2, 0.25) is 0 Å². The molecule has 1 amide bonds. The Labute approximate surface area is 168 Å². The Morgan fingerprint density at radius 1 is 1.00 bits per heavy atom. The summed E-state index contributed by atoms with van der Waals surface area (Å²) in [6, 6.07) is 14.6. The molecule has 7 heteroatoms. The largest absolute Gasteiger partial charge is 0.495 e. The van der Waals surface area contributed by atoms with Crippen molar-refractivity contribution in [2.75, 3.05) is 24.9 Å². The summed E-state index contributed by atoms with van der Waals surface area (Å²) >= 11 is 6.09. The molecule has 28 heavy (non-hydrogen) atoms. The molecule has 0 aliphatic rings. The molecule has 0 saturated carbocycles. The molecule has 0 atom stereocenters. The van der Waals surface area contributed by atoms with Crippen LogP contribution < -0.4 is 20.1 Å². The van der Waals surface area contributed by atoms with Crippen molar-refractivity contribution < 1.29 is 14.3 Å². The van der Waals surface area contributed by atoms with E-state index < -0.39 is 0 Å². The summed E-state index contributed by atoms with van der Waals surface area (Å²) in [5.41, 5.74) is 2.97. The van der Waals surface area contributed by atoms with E-state index >= 15 is 0 Å². The summed E-state index contributed by atoms with van der Waals surface area (Å²) in [5.74, 6) is 1.20. The fraction of sp³-hybridized carbons (Fsp3) is 0.143. The highest BCUT2D eigenvalue weighted by Crippen LogP contribution is 2.36. The number of aryl methyl sites for hydroxylation is 1. The molecule has 2 aromatic carbocycles. The van der Waals surface area contributed by atoms with Crippen LogP contribution >= 0.6 is 11.6 Å². The van der Waals surface area contributed by atoms with Gasteiger partial charge in [0, 0.05) is 24.0 Å². The van der Waals surface area contributed by atoms with Crippen molar-refractivity contribution >= 4 is 34.7 Å². The first-order chi connectivity index (χ1) is 13.5. The van der Waals surface area contributed by atoms with Gasteiger partial charge in [0.1, 0.15) is 17.3 Å². The average molecular weight is 398 g/mol. The van der Waals surface area contributed by atoms with Crippen molar-refractivity contribution in [2.24, 2.45) is 0 Å². The Hall–Kier alpha value is -3.25. The van der Waals surface area contributed by atoms with Crippen LogP contribution in [0.1, 0.15) is 15.9 Å². The fourth-order valence-corrected chi connectivity index (χ4v) is 2.77. The van der Waals surface area contributed by atoms with Crippen LogP contribution in [0.15, 0.2) is 54.7 Å². The minimum Gasteiger partial charge on any atom is -0.495 e. The topological polar surface area (TPSA) is 72.5 Å². The molecule has 3 rings (SSSR count). The maximum atomic E-state index is 12.6. The van der Waals surface area contributed by atoms with Crippen LogP contribution in [-0.2, 0) is 0 Å². The van der Waals surface area contributed by atoms with Gasteiger partial charge in [-0.3, -0.25) is 4.79 Å². The average Bonchev–Trinajstić information content (AvgIpc) is 2.71. The van der Waals surface area contributed by atoms with E-state index in [2.05, 4.69) is 15.6 Å². The zero-order valence-corrected chi connectivity index (χ0v) is 16.5. The Kier molecular flexibility index (Phi) is 6.01. The summed E-state index contributed by atoms with van der Waals surface area (Å²) in [4.78, 5) is 16.9. The molecule has 0 radical (unpaired) electrons. The molecule has 0 aliphatic carbocycles. The smallest absolute Gasteiger partial charge is 0.257 e. The number of hydrogen-bond acceptors (Lipinski definition) is 5. The molecule has 0 saturated heterocycles. The molecule has 0 bridgehead atoms. The van der Waals surface area contributed by atoms with Crippen molar-refractivity contribution in [3.63, 3.8) is 0 Å². The zero-order valence-electron chi connectivity index (χ0n) is 15.7. The van der Waals surface area contributed by atoms with E-state index in [-0.39, 0.29) is 5.91 Å². The number of pyridine rings is 1. The van der Waals surface area contributed by atoms with E-state index in [1.807, 2.05) is 31.2 Å². The van der Waals surface area contributed by atoms with Gasteiger partial charge in [-0.15, -0.1) is 0 Å². The predicted molar refractivity (Wildman–Crippen MR) is 111 cm³/mol. The minimum atomic E-state index is -0.322. The standard InChI is InChI=1S/C21H20ClN3O3/c1-13-4-7-15(8-5-13)24-20-9-6-14(12-23-20)21(26)25-17-11-18(27-2)16(22)10-19(17)28-3/h4-12H,1-3H3,(H,23,24)(H,25,26). The molecule has 3 aromatic rings. The lowest BCUT2D eigenvalue weighted by atomic mass is 10.2. The molecule has 0 fully saturated rings. The number of aromatic nitrogens is 1. The molecule has 0 unspecified atom stereocenters. The number of carbonyl (C=O) groups excluding carboxylic acids is 1. The highest BCUT2D eigenvalue weighted by Gasteiger charge is 2.14. The van der Waals surface area contributed by atoms with Crippen molar-refractivity contribution in [3.05, 3.63) is 70.9 Å². The maximum Gasteiger partial charge on any atom is 0.257 e. The molecule has 6 nitrogen and oxygen atoms in total. The summed E-state index contributed by atoms with van der Waals surface area (Å²) in [7, 11) is 3.00. The Morgan fingerprint density at radius 3 is 2.32 bits per heavy atom. The summed E-state index contributed by atoms with van der Waals surface area (Å²) < 4.78 is 10.5. The highest BCUT2D eigenvalue weighted by atomic mass is 35.5. The van der Waals surface area contributed by atoms with E-state index in [0.717, 1.165) is 5.69 Å². The van der Waals surface area contributed by atoms with Crippen LogP contribution in [0.2, 0.25) is 5.02 Å². The Bertz CT molecular complexity index is 973. The van der Waals surface area contributed by atoms with Gasteiger partial charge in [0.05, 0.1) is 30.5 Å². The lowest BCUT2D eigenvalue weighted by Crippen LogP contribution is -2.13. The molecule has 0 spiro atoms. The van der Waals surface area contributed by atoms with E-state index in [4.69, 9.17) is 21.1 Å². The van der Waals surface area contributed by atoms with Crippen LogP contribution in [-0.4, -0.2) is 25.1 Å². The number of nitrogens with one attached hydrogen (secondary N) is 2. The van der Waals surface area contributed by atoms with Crippen LogP contribution in [0.3, 0.4) is 0 Å². The summed E-state index contributed by atoms with van der Waals surface area (Å²) in [6.07, 6.45) is 1.51. The first-order valence-corrected chi connectivity index (χ1v) is 8.90. The van der Waals surface area contributed by atoms with Gasteiger partial charge in [-0.1, -0.05) is 29.3 Å². The second kappa shape index (κ2) is 8.63. The van der Waals surface area contributed by atoms with Gasteiger partial charge >= 0.3 is 0 Å². The van der Waals surface area contributed by atoms with Gasteiger partial charge in [-0.05, 0) is 31.2 Å². The molecular formula is C21H20ClN3O3. The SMILES string of the molecule is COc1cc(NC(=O)c2ccc(Nc3ccc(C)cc3)nc2)c(OC)cc1Cl. The van der Waals surface area contributed by atoms with Crippen molar-refractivity contribution in [1.29, 1.82) is 0 Å². The lowest BCUT2D eigenvalue weighted by molar-refractivity contribution is 0.102. The van der Waals surface area contributed by atoms with Gasteiger partial charge in [0.25, 0.3) is 5.91 Å². The van der Waals surface area contributed by atoms with E-state index in [9.17, 15) is 4.79 Å². The first-order valence-electron chi connectivity index (χ1n) is 8.53. The third-order valence-corrected chi connectivity index (χ3v) is 4.37. The van der Waals surface area contributed by atoms with Crippen LogP contribution in [0.5, 0.6) is 11.5 Å².